The van der Waals surface area contributed by atoms with E-state index < -0.39 is 6.17 Å². The van der Waals surface area contributed by atoms with Gasteiger partial charge in [0.2, 0.25) is 0 Å². The van der Waals surface area contributed by atoms with Crippen LogP contribution < -0.4 is 11.5 Å². The van der Waals surface area contributed by atoms with E-state index in [1.165, 1.54) is 57.0 Å². The van der Waals surface area contributed by atoms with Crippen molar-refractivity contribution in [2.24, 2.45) is 11.5 Å². The lowest BCUT2D eigenvalue weighted by Crippen LogP contribution is -2.20. The van der Waals surface area contributed by atoms with Crippen molar-refractivity contribution in [1.29, 1.82) is 0 Å². The Morgan fingerprint density at radius 1 is 0.500 bits per heavy atom. The first kappa shape index (κ1) is 24.1. The third kappa shape index (κ3) is 3.46. The summed E-state index contributed by atoms with van der Waals surface area (Å²) in [5, 5.41) is 7.24. The first-order chi connectivity index (χ1) is 20.6. The van der Waals surface area contributed by atoms with Crippen molar-refractivity contribution in [3.8, 4) is 22.3 Å². The van der Waals surface area contributed by atoms with E-state index in [1.807, 2.05) is 40.9 Å². The molecule has 3 aromatic heterocycles. The number of hydrogen-bond donors (Lipinski definition) is 2. The van der Waals surface area contributed by atoms with E-state index in [-0.39, 0.29) is 0 Å². The van der Waals surface area contributed by atoms with Crippen molar-refractivity contribution < 1.29 is 4.42 Å². The third-order valence-electron chi connectivity index (χ3n) is 8.41. The van der Waals surface area contributed by atoms with Gasteiger partial charge in [-0.25, -0.2) is 0 Å². The maximum Gasteiger partial charge on any atom is 0.135 e. The summed E-state index contributed by atoms with van der Waals surface area (Å²) < 4.78 is 11.4. The molecule has 0 fully saturated rings. The van der Waals surface area contributed by atoms with Gasteiger partial charge in [0.1, 0.15) is 11.2 Å². The number of rotatable bonds is 3. The molecule has 0 atom stereocenters. The molecule has 0 radical (unpaired) electrons. The first-order valence-electron chi connectivity index (χ1n) is 14.0. The van der Waals surface area contributed by atoms with Crippen LogP contribution in [0.25, 0.3) is 84.5 Å². The minimum atomic E-state index is -0.576. The van der Waals surface area contributed by atoms with Crippen LogP contribution in [0.3, 0.4) is 0 Å². The highest BCUT2D eigenvalue weighted by Crippen LogP contribution is 2.46. The first-order valence-corrected chi connectivity index (χ1v) is 15.6. The molecule has 3 nitrogen and oxygen atoms in total. The maximum absolute atomic E-state index is 6.18. The van der Waals surface area contributed by atoms with Crippen molar-refractivity contribution in [2.45, 2.75) is 6.17 Å². The lowest BCUT2D eigenvalue weighted by atomic mass is 9.95. The second kappa shape index (κ2) is 8.99. The molecule has 5 heteroatoms. The Morgan fingerprint density at radius 2 is 1.24 bits per heavy atom. The normalized spacial score (nSPS) is 12.3. The summed E-state index contributed by atoms with van der Waals surface area (Å²) in [4.78, 5) is 0. The van der Waals surface area contributed by atoms with Gasteiger partial charge in [0, 0.05) is 51.1 Å². The molecule has 0 aliphatic rings. The Morgan fingerprint density at radius 3 is 2.17 bits per heavy atom. The van der Waals surface area contributed by atoms with Crippen LogP contribution in [-0.2, 0) is 0 Å². The van der Waals surface area contributed by atoms with Crippen LogP contribution in [0, 0.1) is 0 Å². The summed E-state index contributed by atoms with van der Waals surface area (Å²) >= 11 is 3.73. The number of fused-ring (bicyclic) bond motifs is 9. The molecule has 0 amide bonds. The molecule has 0 spiro atoms. The zero-order valence-corrected chi connectivity index (χ0v) is 24.1. The molecular formula is C37H24N2OS2. The Balaban J connectivity index is 1.26. The van der Waals surface area contributed by atoms with E-state index in [0.29, 0.717) is 0 Å². The highest BCUT2D eigenvalue weighted by Gasteiger charge is 2.18. The third-order valence-corrected chi connectivity index (χ3v) is 10.7. The number of hydrogen-bond acceptors (Lipinski definition) is 5. The molecular weight excluding hydrogens is 553 g/mol. The van der Waals surface area contributed by atoms with Crippen molar-refractivity contribution in [3.05, 3.63) is 121 Å². The number of nitrogens with two attached hydrogens (primary N) is 2. The quantitative estimate of drug-likeness (QED) is 0.206. The van der Waals surface area contributed by atoms with E-state index in [0.717, 1.165) is 33.1 Å². The summed E-state index contributed by atoms with van der Waals surface area (Å²) in [6.07, 6.45) is -0.576. The second-order valence-electron chi connectivity index (χ2n) is 10.8. The molecule has 42 heavy (non-hydrogen) atoms. The minimum Gasteiger partial charge on any atom is -0.456 e. The van der Waals surface area contributed by atoms with Crippen LogP contribution in [0.2, 0.25) is 0 Å². The Kier molecular flexibility index (Phi) is 5.16. The Hall–Kier alpha value is -4.52. The van der Waals surface area contributed by atoms with Crippen molar-refractivity contribution in [1.82, 2.24) is 0 Å². The molecule has 9 rings (SSSR count). The fourth-order valence-corrected chi connectivity index (χ4v) is 8.92. The number of thiophene rings is 2. The summed E-state index contributed by atoms with van der Waals surface area (Å²) in [6, 6.07) is 41.3. The molecule has 200 valence electrons. The molecule has 0 aliphatic carbocycles. The van der Waals surface area contributed by atoms with Gasteiger partial charge in [-0.05, 0) is 64.2 Å². The van der Waals surface area contributed by atoms with Gasteiger partial charge in [-0.15, -0.1) is 22.7 Å². The summed E-state index contributed by atoms with van der Waals surface area (Å²) in [5.41, 5.74) is 19.7. The molecule has 9 aromatic rings. The van der Waals surface area contributed by atoms with Crippen LogP contribution in [0.4, 0.5) is 0 Å². The van der Waals surface area contributed by atoms with Gasteiger partial charge in [-0.3, -0.25) is 0 Å². The molecule has 4 N–H and O–H groups in total. The fraction of sp³-hybridized carbons (Fsp3) is 0.0270. The van der Waals surface area contributed by atoms with Crippen LogP contribution >= 0.6 is 22.7 Å². The van der Waals surface area contributed by atoms with Gasteiger partial charge in [-0.1, -0.05) is 78.9 Å². The van der Waals surface area contributed by atoms with Crippen LogP contribution in [-0.4, -0.2) is 0 Å². The molecule has 6 aromatic carbocycles. The highest BCUT2D eigenvalue weighted by molar-refractivity contribution is 7.26. The predicted molar refractivity (Wildman–Crippen MR) is 181 cm³/mol. The highest BCUT2D eigenvalue weighted by atomic mass is 32.1. The smallest absolute Gasteiger partial charge is 0.135 e. The lowest BCUT2D eigenvalue weighted by molar-refractivity contribution is 0.668. The van der Waals surface area contributed by atoms with Gasteiger partial charge in [-0.2, -0.15) is 0 Å². The van der Waals surface area contributed by atoms with Gasteiger partial charge in [0.15, 0.2) is 0 Å². The fourth-order valence-electron chi connectivity index (χ4n) is 6.51. The molecule has 0 saturated carbocycles. The topological polar surface area (TPSA) is 65.2 Å². The SMILES string of the molecule is NC(N)c1cccc2oc3ccc(-c4cccc5sc6c(-c7ccc8c(c7)sc7ccccc78)cccc6c45)cc3c12. The van der Waals surface area contributed by atoms with Gasteiger partial charge >= 0.3 is 0 Å². The average molecular weight is 577 g/mol. The molecule has 0 bridgehead atoms. The monoisotopic (exact) mass is 576 g/mol. The largest absolute Gasteiger partial charge is 0.456 e. The van der Waals surface area contributed by atoms with E-state index in [2.05, 4.69) is 97.1 Å². The number of benzene rings is 6. The second-order valence-corrected chi connectivity index (χ2v) is 13.0. The summed E-state index contributed by atoms with van der Waals surface area (Å²) in [6.45, 7) is 0. The van der Waals surface area contributed by atoms with Crippen molar-refractivity contribution >= 4 is 85.0 Å². The van der Waals surface area contributed by atoms with E-state index in [9.17, 15) is 0 Å². The zero-order chi connectivity index (χ0) is 27.9. The van der Waals surface area contributed by atoms with Crippen LogP contribution in [0.15, 0.2) is 120 Å². The Bertz CT molecular complexity index is 2510. The summed E-state index contributed by atoms with van der Waals surface area (Å²) in [5.74, 6) is 0. The zero-order valence-electron chi connectivity index (χ0n) is 22.4. The van der Waals surface area contributed by atoms with Crippen molar-refractivity contribution in [2.75, 3.05) is 0 Å². The van der Waals surface area contributed by atoms with Crippen LogP contribution in [0.5, 0.6) is 0 Å². The minimum absolute atomic E-state index is 0.576. The molecule has 0 saturated heterocycles. The average Bonchev–Trinajstić information content (AvgIpc) is 3.71. The molecule has 0 aliphatic heterocycles. The number of furan rings is 1. The molecule has 0 unspecified atom stereocenters. The lowest BCUT2D eigenvalue weighted by Gasteiger charge is -2.08. The maximum atomic E-state index is 6.18. The van der Waals surface area contributed by atoms with Gasteiger partial charge in [0.25, 0.3) is 0 Å². The van der Waals surface area contributed by atoms with Crippen LogP contribution in [0.1, 0.15) is 11.7 Å². The van der Waals surface area contributed by atoms with Gasteiger partial charge in [0.05, 0.1) is 6.17 Å². The standard InChI is InChI=1S/C37H24N2OS2/c38-37(39)27-10-4-11-30-34(27)28-18-20(15-17-29(28)40-30)22-7-5-13-32-35(22)26-9-3-8-23(36(26)42-32)21-14-16-25-24-6-1-2-12-31(24)41-33(25)19-21/h1-19,37H,38-39H2. The van der Waals surface area contributed by atoms with E-state index >= 15 is 0 Å². The molecule has 3 heterocycles. The predicted octanol–water partition coefficient (Wildman–Crippen LogP) is 10.6. The van der Waals surface area contributed by atoms with Gasteiger partial charge < -0.3 is 15.9 Å². The Labute approximate surface area is 249 Å². The van der Waals surface area contributed by atoms with Crippen molar-refractivity contribution in [3.63, 3.8) is 0 Å². The van der Waals surface area contributed by atoms with E-state index in [4.69, 9.17) is 15.9 Å². The summed E-state index contributed by atoms with van der Waals surface area (Å²) in [7, 11) is 0. The van der Waals surface area contributed by atoms with E-state index in [1.54, 1.807) is 0 Å².